The van der Waals surface area contributed by atoms with Crippen LogP contribution in [0.3, 0.4) is 0 Å². The lowest BCUT2D eigenvalue weighted by atomic mass is 9.99. The first-order chi connectivity index (χ1) is 8.78. The van der Waals surface area contributed by atoms with Gasteiger partial charge in [-0.3, -0.25) is 0 Å². The van der Waals surface area contributed by atoms with Crippen LogP contribution in [0, 0.1) is 0 Å². The van der Waals surface area contributed by atoms with Gasteiger partial charge < -0.3 is 15.4 Å². The molecule has 0 radical (unpaired) electrons. The molecular formula is C12H22N4OS. The highest BCUT2D eigenvalue weighted by molar-refractivity contribution is 7.09. The molecule has 18 heavy (non-hydrogen) atoms. The molecule has 0 spiro atoms. The molecule has 6 heteroatoms. The predicted molar refractivity (Wildman–Crippen MR) is 74.2 cm³/mol. The molecule has 2 rings (SSSR count). The number of aromatic nitrogens is 2. The summed E-state index contributed by atoms with van der Waals surface area (Å²) >= 11 is 1.45. The van der Waals surface area contributed by atoms with Gasteiger partial charge in [0, 0.05) is 31.6 Å². The Bertz CT molecular complexity index is 363. The van der Waals surface area contributed by atoms with Crippen molar-refractivity contribution in [2.45, 2.75) is 38.1 Å². The zero-order valence-corrected chi connectivity index (χ0v) is 12.0. The van der Waals surface area contributed by atoms with E-state index in [9.17, 15) is 0 Å². The molecule has 1 saturated heterocycles. The fourth-order valence-electron chi connectivity index (χ4n) is 2.37. The Hall–Kier alpha value is -0.720. The van der Waals surface area contributed by atoms with E-state index in [2.05, 4.69) is 26.9 Å². The van der Waals surface area contributed by atoms with Crippen molar-refractivity contribution >= 4 is 16.7 Å². The van der Waals surface area contributed by atoms with Gasteiger partial charge in [0.2, 0.25) is 5.13 Å². The average molecular weight is 270 g/mol. The van der Waals surface area contributed by atoms with Gasteiger partial charge in [-0.1, -0.05) is 6.92 Å². The summed E-state index contributed by atoms with van der Waals surface area (Å²) in [5, 5.41) is 7.85. The van der Waals surface area contributed by atoms with Crippen molar-refractivity contribution in [1.82, 2.24) is 14.7 Å². The van der Waals surface area contributed by atoms with E-state index >= 15 is 0 Å². The second-order valence-electron chi connectivity index (χ2n) is 4.86. The van der Waals surface area contributed by atoms with Gasteiger partial charge in [-0.15, -0.1) is 0 Å². The normalized spacial score (nSPS) is 23.4. The van der Waals surface area contributed by atoms with Crippen LogP contribution in [0.15, 0.2) is 0 Å². The smallest absolute Gasteiger partial charge is 0.202 e. The van der Waals surface area contributed by atoms with Gasteiger partial charge in [-0.05, 0) is 25.8 Å². The minimum Gasteiger partial charge on any atom is -0.383 e. The predicted octanol–water partition coefficient (Wildman–Crippen LogP) is 1.67. The third-order valence-corrected chi connectivity index (χ3v) is 3.98. The number of methoxy groups -OCH3 is 1. The van der Waals surface area contributed by atoms with Crippen LogP contribution in [0.5, 0.6) is 0 Å². The molecule has 1 aromatic heterocycles. The van der Waals surface area contributed by atoms with Crippen molar-refractivity contribution < 1.29 is 4.74 Å². The number of aryl methyl sites for hydroxylation is 1. The minimum atomic E-state index is 0.0609. The summed E-state index contributed by atoms with van der Waals surface area (Å²) in [5.74, 6) is 0.949. The molecule has 5 nitrogen and oxygen atoms in total. The SMILES string of the molecule is CCCc1nsc(NCC2(COC)CCCN2)n1. The summed E-state index contributed by atoms with van der Waals surface area (Å²) in [6.07, 6.45) is 4.40. The molecule has 1 unspecified atom stereocenters. The zero-order chi connectivity index (χ0) is 12.8. The first kappa shape index (κ1) is 13.7. The van der Waals surface area contributed by atoms with Crippen LogP contribution in [-0.4, -0.2) is 41.7 Å². The van der Waals surface area contributed by atoms with Crippen LogP contribution in [0.4, 0.5) is 5.13 Å². The molecule has 1 fully saturated rings. The quantitative estimate of drug-likeness (QED) is 0.789. The molecule has 102 valence electrons. The summed E-state index contributed by atoms with van der Waals surface area (Å²) < 4.78 is 9.66. The summed E-state index contributed by atoms with van der Waals surface area (Å²) in [4.78, 5) is 4.48. The lowest BCUT2D eigenvalue weighted by Crippen LogP contribution is -2.49. The fraction of sp³-hybridized carbons (Fsp3) is 0.833. The maximum atomic E-state index is 5.33. The number of nitrogens with zero attached hydrogens (tertiary/aromatic N) is 2. The molecule has 1 atom stereocenters. The van der Waals surface area contributed by atoms with Crippen molar-refractivity contribution in [3.05, 3.63) is 5.82 Å². The topological polar surface area (TPSA) is 59.1 Å². The Kier molecular flexibility index (Phi) is 4.91. The van der Waals surface area contributed by atoms with Crippen molar-refractivity contribution in [1.29, 1.82) is 0 Å². The molecule has 1 aliphatic rings. The second kappa shape index (κ2) is 6.45. The maximum absolute atomic E-state index is 5.33. The Balaban J connectivity index is 1.88. The van der Waals surface area contributed by atoms with E-state index in [4.69, 9.17) is 4.74 Å². The molecule has 0 aromatic carbocycles. The van der Waals surface area contributed by atoms with Gasteiger partial charge in [0.25, 0.3) is 0 Å². The first-order valence-corrected chi connectivity index (χ1v) is 7.36. The van der Waals surface area contributed by atoms with Gasteiger partial charge >= 0.3 is 0 Å². The fourth-order valence-corrected chi connectivity index (χ4v) is 2.97. The largest absolute Gasteiger partial charge is 0.383 e. The van der Waals surface area contributed by atoms with Gasteiger partial charge in [0.1, 0.15) is 5.82 Å². The van der Waals surface area contributed by atoms with E-state index in [0.29, 0.717) is 0 Å². The zero-order valence-electron chi connectivity index (χ0n) is 11.2. The van der Waals surface area contributed by atoms with E-state index in [-0.39, 0.29) is 5.54 Å². The summed E-state index contributed by atoms with van der Waals surface area (Å²) in [6.45, 7) is 4.80. The highest BCUT2D eigenvalue weighted by atomic mass is 32.1. The van der Waals surface area contributed by atoms with Crippen molar-refractivity contribution in [3.8, 4) is 0 Å². The Morgan fingerprint density at radius 3 is 3.11 bits per heavy atom. The van der Waals surface area contributed by atoms with Gasteiger partial charge in [-0.25, -0.2) is 4.98 Å². The Morgan fingerprint density at radius 1 is 1.56 bits per heavy atom. The van der Waals surface area contributed by atoms with Gasteiger partial charge in [0.15, 0.2) is 0 Å². The van der Waals surface area contributed by atoms with E-state index in [1.807, 2.05) is 0 Å². The molecule has 2 heterocycles. The third kappa shape index (κ3) is 3.40. The molecule has 1 aromatic rings. The molecule has 2 N–H and O–H groups in total. The van der Waals surface area contributed by atoms with Gasteiger partial charge in [0.05, 0.1) is 12.1 Å². The summed E-state index contributed by atoms with van der Waals surface area (Å²) in [7, 11) is 1.76. The number of anilines is 1. The first-order valence-electron chi connectivity index (χ1n) is 6.58. The average Bonchev–Trinajstić information content (AvgIpc) is 2.98. The summed E-state index contributed by atoms with van der Waals surface area (Å²) in [6, 6.07) is 0. The number of nitrogens with one attached hydrogen (secondary N) is 2. The Morgan fingerprint density at radius 2 is 2.44 bits per heavy atom. The van der Waals surface area contributed by atoms with Gasteiger partial charge in [-0.2, -0.15) is 4.37 Å². The highest BCUT2D eigenvalue weighted by Gasteiger charge is 2.33. The lowest BCUT2D eigenvalue weighted by Gasteiger charge is -2.28. The number of ether oxygens (including phenoxy) is 1. The highest BCUT2D eigenvalue weighted by Crippen LogP contribution is 2.21. The van der Waals surface area contributed by atoms with Crippen LogP contribution in [-0.2, 0) is 11.2 Å². The molecule has 1 aliphatic heterocycles. The standard InChI is InChI=1S/C12H22N4OS/c1-3-5-10-15-11(18-16-10)13-8-12(9-17-2)6-4-7-14-12/h14H,3-9H2,1-2H3,(H,13,15,16). The van der Waals surface area contributed by atoms with Crippen LogP contribution in [0.2, 0.25) is 0 Å². The van der Waals surface area contributed by atoms with Crippen molar-refractivity contribution in [2.75, 3.05) is 32.1 Å². The molecular weight excluding hydrogens is 248 g/mol. The van der Waals surface area contributed by atoms with Crippen molar-refractivity contribution in [3.63, 3.8) is 0 Å². The van der Waals surface area contributed by atoms with E-state index < -0.39 is 0 Å². The number of hydrogen-bond donors (Lipinski definition) is 2. The number of rotatable bonds is 7. The van der Waals surface area contributed by atoms with E-state index in [0.717, 1.165) is 49.9 Å². The van der Waals surface area contributed by atoms with Crippen molar-refractivity contribution in [2.24, 2.45) is 0 Å². The monoisotopic (exact) mass is 270 g/mol. The maximum Gasteiger partial charge on any atom is 0.202 e. The lowest BCUT2D eigenvalue weighted by molar-refractivity contribution is 0.127. The Labute approximate surface area is 113 Å². The van der Waals surface area contributed by atoms with E-state index in [1.54, 1.807) is 7.11 Å². The van der Waals surface area contributed by atoms with E-state index in [1.165, 1.54) is 18.0 Å². The van der Waals surface area contributed by atoms with Crippen LogP contribution in [0.1, 0.15) is 32.0 Å². The van der Waals surface area contributed by atoms with Crippen LogP contribution >= 0.6 is 11.5 Å². The molecule has 0 amide bonds. The van der Waals surface area contributed by atoms with Crippen LogP contribution < -0.4 is 10.6 Å². The molecule has 0 aliphatic carbocycles. The third-order valence-electron chi connectivity index (χ3n) is 3.27. The molecule has 0 saturated carbocycles. The second-order valence-corrected chi connectivity index (χ2v) is 5.61. The molecule has 0 bridgehead atoms. The minimum absolute atomic E-state index is 0.0609. The van der Waals surface area contributed by atoms with Crippen LogP contribution in [0.25, 0.3) is 0 Å². The summed E-state index contributed by atoms with van der Waals surface area (Å²) in [5.41, 5.74) is 0.0609. The number of hydrogen-bond acceptors (Lipinski definition) is 6.